The first-order valence-electron chi connectivity index (χ1n) is 7.39. The average molecular weight is 321 g/mol. The molecule has 4 rings (SSSR count). The molecular weight excluding hydrogens is 306 g/mol. The summed E-state index contributed by atoms with van der Waals surface area (Å²) < 4.78 is 24.3. The van der Waals surface area contributed by atoms with E-state index >= 15 is 0 Å². The van der Waals surface area contributed by atoms with Crippen molar-refractivity contribution in [1.29, 1.82) is 0 Å². The van der Waals surface area contributed by atoms with Crippen LogP contribution >= 0.6 is 0 Å². The van der Waals surface area contributed by atoms with E-state index in [1.54, 1.807) is 0 Å². The average Bonchev–Trinajstić information content (AvgIpc) is 2.57. The molecule has 1 heterocycles. The summed E-state index contributed by atoms with van der Waals surface area (Å²) in [7, 11) is -2.61. The van der Waals surface area contributed by atoms with Gasteiger partial charge in [0.15, 0.2) is 5.75 Å². The van der Waals surface area contributed by atoms with Gasteiger partial charge < -0.3 is 4.74 Å². The molecule has 0 aliphatic carbocycles. The summed E-state index contributed by atoms with van der Waals surface area (Å²) in [5, 5.41) is 0. The summed E-state index contributed by atoms with van der Waals surface area (Å²) in [5.74, 6) is 1.70. The van der Waals surface area contributed by atoms with Crippen molar-refractivity contribution in [2.75, 3.05) is 0 Å². The summed E-state index contributed by atoms with van der Waals surface area (Å²) in [4.78, 5) is 0.742. The zero-order valence-electron chi connectivity index (χ0n) is 12.4. The smallest absolute Gasteiger partial charge is 0.153 e. The van der Waals surface area contributed by atoms with Crippen LogP contribution in [0.3, 0.4) is 0 Å². The van der Waals surface area contributed by atoms with E-state index < -0.39 is 9.73 Å². The molecule has 0 radical (unpaired) electrons. The van der Waals surface area contributed by atoms with Gasteiger partial charge in [0, 0.05) is 10.5 Å². The highest BCUT2D eigenvalue weighted by Gasteiger charge is 2.21. The Hall–Kier alpha value is -2.59. The van der Waals surface area contributed by atoms with Gasteiger partial charge in [-0.1, -0.05) is 48.5 Å². The first-order valence-corrected chi connectivity index (χ1v) is 9.08. The van der Waals surface area contributed by atoms with Crippen molar-refractivity contribution in [3.05, 3.63) is 84.4 Å². The summed E-state index contributed by atoms with van der Waals surface area (Å²) in [6.45, 7) is 0. The monoisotopic (exact) mass is 321 g/mol. The molecule has 0 saturated carbocycles. The molecule has 114 valence electrons. The van der Waals surface area contributed by atoms with Gasteiger partial charge in [0.25, 0.3) is 0 Å². The van der Waals surface area contributed by atoms with Gasteiger partial charge in [-0.3, -0.25) is 0 Å². The number of ether oxygens (including phenoxy) is 1. The Kier molecular flexibility index (Phi) is 3.39. The minimum absolute atomic E-state index is 0.335. The van der Waals surface area contributed by atoms with Crippen molar-refractivity contribution in [3.63, 3.8) is 0 Å². The minimum Gasteiger partial charge on any atom is -0.455 e. The van der Waals surface area contributed by atoms with Crippen LogP contribution < -0.4 is 4.74 Å². The van der Waals surface area contributed by atoms with Crippen LogP contribution in [-0.2, 0) is 15.5 Å². The maximum atomic E-state index is 13.7. The van der Waals surface area contributed by atoms with Gasteiger partial charge in [-0.2, -0.15) is 4.36 Å². The molecule has 3 nitrogen and oxygen atoms in total. The zero-order chi connectivity index (χ0) is 15.7. The van der Waals surface area contributed by atoms with Crippen molar-refractivity contribution in [1.82, 2.24) is 0 Å². The number of hydrogen-bond acceptors (Lipinski definition) is 3. The Morgan fingerprint density at radius 3 is 2.26 bits per heavy atom. The molecule has 0 bridgehead atoms. The second kappa shape index (κ2) is 5.56. The van der Waals surface area contributed by atoms with Crippen molar-refractivity contribution in [3.8, 4) is 11.5 Å². The van der Waals surface area contributed by atoms with E-state index in [2.05, 4.69) is 4.36 Å². The van der Waals surface area contributed by atoms with Gasteiger partial charge in [-0.25, -0.2) is 4.21 Å². The topological polar surface area (TPSA) is 38.7 Å². The fourth-order valence-corrected chi connectivity index (χ4v) is 4.68. The lowest BCUT2D eigenvalue weighted by molar-refractivity contribution is 0.478. The second-order valence-electron chi connectivity index (χ2n) is 5.37. The molecule has 0 spiro atoms. The van der Waals surface area contributed by atoms with Gasteiger partial charge in [-0.15, -0.1) is 0 Å². The van der Waals surface area contributed by atoms with Crippen molar-refractivity contribution >= 4 is 15.4 Å². The van der Waals surface area contributed by atoms with Crippen LogP contribution in [0.25, 0.3) is 0 Å². The zero-order valence-corrected chi connectivity index (χ0v) is 13.2. The summed E-state index contributed by atoms with van der Waals surface area (Å²) in [5.41, 5.74) is 1.52. The Morgan fingerprint density at radius 2 is 1.43 bits per heavy atom. The van der Waals surface area contributed by atoms with Crippen molar-refractivity contribution in [2.45, 2.75) is 10.6 Å². The predicted octanol–water partition coefficient (Wildman–Crippen LogP) is 5.15. The number of hydrogen-bond donors (Lipinski definition) is 0. The first kappa shape index (κ1) is 14.0. The van der Waals surface area contributed by atoms with Crippen LogP contribution in [0, 0.1) is 0 Å². The lowest BCUT2D eigenvalue weighted by Crippen LogP contribution is -2.07. The molecule has 0 aromatic heterocycles. The van der Waals surface area contributed by atoms with Gasteiger partial charge >= 0.3 is 0 Å². The van der Waals surface area contributed by atoms with Crippen molar-refractivity contribution in [2.24, 2.45) is 4.36 Å². The normalized spacial score (nSPS) is 19.3. The van der Waals surface area contributed by atoms with Crippen LogP contribution in [0.2, 0.25) is 0 Å². The molecular formula is C19H15NO2S. The number of nitrogens with zero attached hydrogens (tertiary/aromatic N) is 1. The van der Waals surface area contributed by atoms with Gasteiger partial charge in [0.05, 0.1) is 15.5 Å². The van der Waals surface area contributed by atoms with Crippen LogP contribution in [0.15, 0.2) is 88.1 Å². The van der Waals surface area contributed by atoms with Gasteiger partial charge in [-0.05, 0) is 30.3 Å². The van der Waals surface area contributed by atoms with E-state index in [0.717, 1.165) is 16.2 Å². The largest absolute Gasteiger partial charge is 0.455 e. The predicted molar refractivity (Wildman–Crippen MR) is 91.6 cm³/mol. The molecule has 3 aromatic carbocycles. The van der Waals surface area contributed by atoms with E-state index in [9.17, 15) is 4.21 Å². The minimum atomic E-state index is -2.61. The third-order valence-electron chi connectivity index (χ3n) is 3.77. The molecule has 0 N–H and O–H groups in total. The molecule has 0 amide bonds. The maximum absolute atomic E-state index is 13.7. The first-order chi connectivity index (χ1) is 11.2. The number of para-hydroxylation sites is 2. The fraction of sp³-hybridized carbons (Fsp3) is 0.0526. The van der Waals surface area contributed by atoms with Crippen LogP contribution in [-0.4, -0.2) is 4.21 Å². The van der Waals surface area contributed by atoms with Crippen LogP contribution in [0.4, 0.5) is 5.69 Å². The van der Waals surface area contributed by atoms with Crippen LogP contribution in [0.1, 0.15) is 5.56 Å². The molecule has 1 aliphatic rings. The molecule has 3 aromatic rings. The van der Waals surface area contributed by atoms with Crippen LogP contribution in [0.5, 0.6) is 11.5 Å². The lowest BCUT2D eigenvalue weighted by atomic mass is 10.2. The summed E-state index contributed by atoms with van der Waals surface area (Å²) in [6.07, 6.45) is 0. The maximum Gasteiger partial charge on any atom is 0.153 e. The molecule has 1 unspecified atom stereocenters. The molecule has 1 aliphatic heterocycles. The molecule has 1 atom stereocenters. The van der Waals surface area contributed by atoms with E-state index in [1.165, 1.54) is 0 Å². The summed E-state index contributed by atoms with van der Waals surface area (Å²) >= 11 is 0. The van der Waals surface area contributed by atoms with Crippen molar-refractivity contribution < 1.29 is 8.95 Å². The Labute approximate surface area is 135 Å². The van der Waals surface area contributed by atoms with E-state index in [1.807, 2.05) is 78.9 Å². The quantitative estimate of drug-likeness (QED) is 0.621. The highest BCUT2D eigenvalue weighted by molar-refractivity contribution is 7.93. The third kappa shape index (κ3) is 2.62. The molecule has 4 heteroatoms. The standard InChI is InChI=1S/C19H15NO2S/c21-23(16-9-2-1-3-10-16)14-15-8-4-6-12-18(15)22-19-13-7-5-11-17(19)20-23/h1-13H,14H2. The number of rotatable bonds is 1. The second-order valence-corrected chi connectivity index (χ2v) is 7.59. The highest BCUT2D eigenvalue weighted by Crippen LogP contribution is 2.39. The number of fused-ring (bicyclic) bond motifs is 2. The molecule has 0 fully saturated rings. The Bertz CT molecular complexity index is 973. The molecule has 0 saturated heterocycles. The SMILES string of the molecule is O=S1(c2ccccc2)=Nc2ccccc2Oc2ccccc2C1. The lowest BCUT2D eigenvalue weighted by Gasteiger charge is -2.19. The van der Waals surface area contributed by atoms with E-state index in [0.29, 0.717) is 17.2 Å². The third-order valence-corrected chi connectivity index (χ3v) is 5.97. The Balaban J connectivity index is 2.01. The van der Waals surface area contributed by atoms with E-state index in [4.69, 9.17) is 4.74 Å². The fourth-order valence-electron chi connectivity index (χ4n) is 2.63. The summed E-state index contributed by atoms with van der Waals surface area (Å²) in [6, 6.07) is 24.6. The van der Waals surface area contributed by atoms with Gasteiger partial charge in [0.1, 0.15) is 11.4 Å². The Morgan fingerprint density at radius 1 is 0.783 bits per heavy atom. The van der Waals surface area contributed by atoms with Gasteiger partial charge in [0.2, 0.25) is 0 Å². The van der Waals surface area contributed by atoms with E-state index in [-0.39, 0.29) is 0 Å². The number of benzene rings is 3. The highest BCUT2D eigenvalue weighted by atomic mass is 32.2. The molecule has 23 heavy (non-hydrogen) atoms.